The fourth-order valence-electron chi connectivity index (χ4n) is 3.71. The first kappa shape index (κ1) is 27.0. The summed E-state index contributed by atoms with van der Waals surface area (Å²) in [5, 5.41) is 2.84. The van der Waals surface area contributed by atoms with Crippen LogP contribution in [0.2, 0.25) is 0 Å². The Morgan fingerprint density at radius 3 is 2.12 bits per heavy atom. The highest BCUT2D eigenvalue weighted by Gasteiger charge is 2.26. The smallest absolute Gasteiger partial charge is 0.329 e. The fourth-order valence-corrected chi connectivity index (χ4v) is 3.71. The van der Waals surface area contributed by atoms with Gasteiger partial charge >= 0.3 is 5.97 Å². The summed E-state index contributed by atoms with van der Waals surface area (Å²) < 4.78 is 21.9. The molecular weight excluding hydrogens is 434 g/mol. The van der Waals surface area contributed by atoms with E-state index in [2.05, 4.69) is 19.2 Å². The maximum Gasteiger partial charge on any atom is 0.329 e. The van der Waals surface area contributed by atoms with Gasteiger partial charge in [-0.05, 0) is 42.2 Å². The highest BCUT2D eigenvalue weighted by molar-refractivity contribution is 5.96. The van der Waals surface area contributed by atoms with Crippen molar-refractivity contribution in [3.63, 3.8) is 0 Å². The summed E-state index contributed by atoms with van der Waals surface area (Å²) in [5.41, 5.74) is 1.21. The minimum atomic E-state index is -0.876. The Hall–Kier alpha value is -3.22. The summed E-state index contributed by atoms with van der Waals surface area (Å²) in [5.74, 6) is 0.910. The predicted octanol–water partition coefficient (Wildman–Crippen LogP) is 4.81. The predicted molar refractivity (Wildman–Crippen MR) is 132 cm³/mol. The van der Waals surface area contributed by atoms with Crippen molar-refractivity contribution >= 4 is 11.9 Å². The van der Waals surface area contributed by atoms with Crippen LogP contribution in [-0.2, 0) is 16.0 Å². The van der Waals surface area contributed by atoms with Gasteiger partial charge in [-0.1, -0.05) is 51.3 Å². The molecule has 0 aliphatic carbocycles. The quantitative estimate of drug-likeness (QED) is 0.398. The van der Waals surface area contributed by atoms with E-state index in [0.717, 1.165) is 31.2 Å². The van der Waals surface area contributed by atoms with E-state index in [1.165, 1.54) is 21.3 Å². The van der Waals surface area contributed by atoms with E-state index >= 15 is 0 Å². The first-order valence-corrected chi connectivity index (χ1v) is 11.8. The van der Waals surface area contributed by atoms with Crippen LogP contribution in [0.4, 0.5) is 0 Å². The molecule has 0 bridgehead atoms. The summed E-state index contributed by atoms with van der Waals surface area (Å²) in [6, 6.07) is 11.5. The lowest BCUT2D eigenvalue weighted by molar-refractivity contribution is -0.147. The van der Waals surface area contributed by atoms with E-state index in [0.29, 0.717) is 35.3 Å². The summed E-state index contributed by atoms with van der Waals surface area (Å²) in [4.78, 5) is 26.0. The van der Waals surface area contributed by atoms with Crippen molar-refractivity contribution in [1.29, 1.82) is 0 Å². The number of rotatable bonds is 14. The second-order valence-electron chi connectivity index (χ2n) is 8.18. The molecule has 34 heavy (non-hydrogen) atoms. The number of carbonyl (C=O) groups excluding carboxylic acids is 2. The number of methoxy groups -OCH3 is 3. The number of amides is 1. The van der Waals surface area contributed by atoms with Crippen LogP contribution in [0, 0.1) is 5.92 Å². The number of nitrogens with one attached hydrogen (secondary N) is 1. The Morgan fingerprint density at radius 1 is 0.941 bits per heavy atom. The molecule has 0 spiro atoms. The zero-order valence-electron chi connectivity index (χ0n) is 20.9. The van der Waals surface area contributed by atoms with E-state index in [-0.39, 0.29) is 12.3 Å². The van der Waals surface area contributed by atoms with Crippen molar-refractivity contribution in [1.82, 2.24) is 5.32 Å². The minimum Gasteiger partial charge on any atom is -0.493 e. The lowest BCUT2D eigenvalue weighted by Gasteiger charge is -2.21. The van der Waals surface area contributed by atoms with Gasteiger partial charge in [0, 0.05) is 12.0 Å². The Labute approximate surface area is 202 Å². The molecule has 0 saturated heterocycles. The average Bonchev–Trinajstić information content (AvgIpc) is 2.87. The Kier molecular flexibility index (Phi) is 11.2. The molecule has 186 valence electrons. The molecule has 0 aliphatic heterocycles. The summed E-state index contributed by atoms with van der Waals surface area (Å²) in [6.07, 6.45) is 4.34. The zero-order chi connectivity index (χ0) is 24.9. The van der Waals surface area contributed by atoms with Crippen LogP contribution in [0.15, 0.2) is 42.5 Å². The summed E-state index contributed by atoms with van der Waals surface area (Å²) in [6.45, 7) is 4.58. The summed E-state index contributed by atoms with van der Waals surface area (Å²) >= 11 is 0. The molecule has 2 atom stereocenters. The number of carbonyl (C=O) groups is 2. The highest BCUT2D eigenvalue weighted by Crippen LogP contribution is 2.38. The minimum absolute atomic E-state index is 0.208. The maximum atomic E-state index is 13.1. The van der Waals surface area contributed by atoms with E-state index in [4.69, 9.17) is 18.9 Å². The van der Waals surface area contributed by atoms with Gasteiger partial charge in [0.1, 0.15) is 6.04 Å². The number of unbranched alkanes of at least 4 members (excludes halogenated alkanes) is 1. The van der Waals surface area contributed by atoms with Crippen LogP contribution in [-0.4, -0.2) is 45.9 Å². The fraction of sp³-hybridized carbons (Fsp3) is 0.481. The molecule has 2 unspecified atom stereocenters. The van der Waals surface area contributed by atoms with Crippen molar-refractivity contribution in [3.8, 4) is 17.2 Å². The largest absolute Gasteiger partial charge is 0.493 e. The van der Waals surface area contributed by atoms with Crippen LogP contribution in [0.5, 0.6) is 17.2 Å². The molecule has 2 aromatic carbocycles. The molecule has 0 saturated carbocycles. The first-order valence-electron chi connectivity index (χ1n) is 11.8. The van der Waals surface area contributed by atoms with Crippen molar-refractivity contribution < 1.29 is 28.5 Å². The number of hydrogen-bond donors (Lipinski definition) is 1. The highest BCUT2D eigenvalue weighted by atomic mass is 16.5. The molecule has 7 heteroatoms. The van der Waals surface area contributed by atoms with Crippen molar-refractivity contribution in [3.05, 3.63) is 53.6 Å². The molecule has 1 N–H and O–H groups in total. The van der Waals surface area contributed by atoms with Gasteiger partial charge in [0.25, 0.3) is 5.91 Å². The third-order valence-electron chi connectivity index (χ3n) is 5.79. The van der Waals surface area contributed by atoms with Crippen molar-refractivity contribution in [2.24, 2.45) is 5.92 Å². The van der Waals surface area contributed by atoms with Gasteiger partial charge in [-0.2, -0.15) is 0 Å². The molecule has 1 amide bonds. The topological polar surface area (TPSA) is 83.1 Å². The van der Waals surface area contributed by atoms with Gasteiger partial charge in [0.15, 0.2) is 11.5 Å². The van der Waals surface area contributed by atoms with E-state index in [9.17, 15) is 9.59 Å². The molecule has 0 radical (unpaired) electrons. The third-order valence-corrected chi connectivity index (χ3v) is 5.79. The molecule has 2 aromatic rings. The van der Waals surface area contributed by atoms with Gasteiger partial charge in [0.2, 0.25) is 5.75 Å². The molecule has 2 rings (SSSR count). The van der Waals surface area contributed by atoms with E-state index < -0.39 is 12.0 Å². The van der Waals surface area contributed by atoms with E-state index in [1.807, 2.05) is 6.07 Å². The molecule has 0 heterocycles. The van der Waals surface area contributed by atoms with Gasteiger partial charge in [-0.15, -0.1) is 0 Å². The van der Waals surface area contributed by atoms with Gasteiger partial charge < -0.3 is 24.3 Å². The molecule has 7 nitrogen and oxygen atoms in total. The lowest BCUT2D eigenvalue weighted by Crippen LogP contribution is -2.43. The van der Waals surface area contributed by atoms with Gasteiger partial charge in [-0.25, -0.2) is 4.79 Å². The Bertz CT molecular complexity index is 890. The van der Waals surface area contributed by atoms with Crippen LogP contribution >= 0.6 is 0 Å². The third kappa shape index (κ3) is 7.68. The average molecular weight is 472 g/mol. The monoisotopic (exact) mass is 471 g/mol. The maximum absolute atomic E-state index is 13.1. The zero-order valence-corrected chi connectivity index (χ0v) is 20.9. The van der Waals surface area contributed by atoms with Crippen molar-refractivity contribution in [2.45, 2.75) is 52.0 Å². The first-order chi connectivity index (χ1) is 16.5. The van der Waals surface area contributed by atoms with Crippen LogP contribution in [0.1, 0.15) is 55.5 Å². The van der Waals surface area contributed by atoms with Crippen LogP contribution in [0.3, 0.4) is 0 Å². The second kappa shape index (κ2) is 14.1. The number of benzene rings is 2. The Morgan fingerprint density at radius 2 is 1.59 bits per heavy atom. The van der Waals surface area contributed by atoms with Gasteiger partial charge in [-0.3, -0.25) is 4.79 Å². The standard InChI is InChI=1S/C27H37NO6/c1-6-8-12-19(7-2)18-34-27(30)22(28-26(29)21-13-10-9-11-14-21)15-20-16-23(31-3)25(33-5)24(17-20)32-4/h9-11,13-14,16-17,19,22H,6-8,12,15,18H2,1-5H3,(H,28,29). The molecular formula is C27H37NO6. The number of esters is 1. The van der Waals surface area contributed by atoms with Gasteiger partial charge in [0.05, 0.1) is 27.9 Å². The number of ether oxygens (including phenoxy) is 4. The number of hydrogen-bond acceptors (Lipinski definition) is 6. The lowest BCUT2D eigenvalue weighted by atomic mass is 10.0. The second-order valence-corrected chi connectivity index (χ2v) is 8.18. The van der Waals surface area contributed by atoms with Crippen LogP contribution in [0.25, 0.3) is 0 Å². The normalized spacial score (nSPS) is 12.4. The SMILES string of the molecule is CCCCC(CC)COC(=O)C(Cc1cc(OC)c(OC)c(OC)c1)NC(=O)c1ccccc1. The van der Waals surface area contributed by atoms with Crippen LogP contribution < -0.4 is 19.5 Å². The molecule has 0 fully saturated rings. The Balaban J connectivity index is 2.26. The van der Waals surface area contributed by atoms with E-state index in [1.54, 1.807) is 36.4 Å². The van der Waals surface area contributed by atoms with Crippen molar-refractivity contribution in [2.75, 3.05) is 27.9 Å². The molecule has 0 aliphatic rings. The summed E-state index contributed by atoms with van der Waals surface area (Å²) in [7, 11) is 4.60. The molecule has 0 aromatic heterocycles.